The van der Waals surface area contributed by atoms with Crippen molar-refractivity contribution < 1.29 is 22.7 Å². The molecule has 2 aromatic rings. The van der Waals surface area contributed by atoms with E-state index in [0.717, 1.165) is 37.2 Å². The first-order valence-corrected chi connectivity index (χ1v) is 10.0. The number of hydrogen-bond acceptors (Lipinski definition) is 5. The number of hydrogen-bond donors (Lipinski definition) is 2. The van der Waals surface area contributed by atoms with Crippen LogP contribution in [0.3, 0.4) is 0 Å². The lowest BCUT2D eigenvalue weighted by Crippen LogP contribution is -2.52. The van der Waals surface area contributed by atoms with Gasteiger partial charge in [0, 0.05) is 24.9 Å². The average Bonchev–Trinajstić information content (AvgIpc) is 3.43. The SMILES string of the molecule is Cc1nc([C@H]2CCN(Cc3cccc(OC(F)(F)F)c3)C[C@H]2NC(=O)C2CC2)n[nH]1. The zero-order valence-electron chi connectivity index (χ0n) is 16.6. The predicted molar refractivity (Wildman–Crippen MR) is 102 cm³/mol. The number of aryl methyl sites for hydroxylation is 1. The number of benzene rings is 1. The van der Waals surface area contributed by atoms with Crippen LogP contribution in [0.15, 0.2) is 24.3 Å². The minimum absolute atomic E-state index is 0.00574. The lowest BCUT2D eigenvalue weighted by molar-refractivity contribution is -0.274. The number of likely N-dealkylation sites (tertiary alicyclic amines) is 1. The summed E-state index contributed by atoms with van der Waals surface area (Å²) in [5.41, 5.74) is 0.719. The first kappa shape index (κ1) is 20.6. The highest BCUT2D eigenvalue weighted by Gasteiger charge is 2.37. The lowest BCUT2D eigenvalue weighted by atomic mass is 9.90. The van der Waals surface area contributed by atoms with Crippen LogP contribution in [0, 0.1) is 12.8 Å². The van der Waals surface area contributed by atoms with Crippen LogP contribution in [-0.4, -0.2) is 51.5 Å². The third-order valence-corrected chi connectivity index (χ3v) is 5.46. The van der Waals surface area contributed by atoms with Gasteiger partial charge in [0.05, 0.1) is 6.04 Å². The van der Waals surface area contributed by atoms with Crippen LogP contribution in [-0.2, 0) is 11.3 Å². The lowest BCUT2D eigenvalue weighted by Gasteiger charge is -2.38. The van der Waals surface area contributed by atoms with Crippen LogP contribution in [0.5, 0.6) is 5.75 Å². The zero-order valence-corrected chi connectivity index (χ0v) is 16.6. The van der Waals surface area contributed by atoms with Gasteiger partial charge in [-0.3, -0.25) is 14.8 Å². The molecule has 1 aromatic heterocycles. The van der Waals surface area contributed by atoms with E-state index in [-0.39, 0.29) is 29.5 Å². The largest absolute Gasteiger partial charge is 0.573 e. The molecule has 2 N–H and O–H groups in total. The van der Waals surface area contributed by atoms with E-state index in [2.05, 4.69) is 30.1 Å². The Morgan fingerprint density at radius 1 is 1.33 bits per heavy atom. The molecule has 7 nitrogen and oxygen atoms in total. The molecule has 1 amide bonds. The molecule has 0 unspecified atom stereocenters. The zero-order chi connectivity index (χ0) is 21.3. The second kappa shape index (κ2) is 8.25. The predicted octanol–water partition coefficient (Wildman–Crippen LogP) is 2.90. The van der Waals surface area contributed by atoms with Gasteiger partial charge in [-0.2, -0.15) is 5.10 Å². The van der Waals surface area contributed by atoms with Crippen LogP contribution >= 0.6 is 0 Å². The molecular weight excluding hydrogens is 399 g/mol. The summed E-state index contributed by atoms with van der Waals surface area (Å²) in [4.78, 5) is 19.0. The number of rotatable bonds is 6. The van der Waals surface area contributed by atoms with Crippen LogP contribution in [0.25, 0.3) is 0 Å². The normalized spacial score (nSPS) is 22.7. The van der Waals surface area contributed by atoms with Gasteiger partial charge < -0.3 is 10.1 Å². The Morgan fingerprint density at radius 2 is 2.13 bits per heavy atom. The first-order chi connectivity index (χ1) is 14.3. The monoisotopic (exact) mass is 423 g/mol. The summed E-state index contributed by atoms with van der Waals surface area (Å²) in [6.45, 7) is 3.59. The molecule has 0 spiro atoms. The summed E-state index contributed by atoms with van der Waals surface area (Å²) < 4.78 is 41.5. The number of H-pyrrole nitrogens is 1. The maximum absolute atomic E-state index is 12.5. The minimum atomic E-state index is -4.72. The van der Waals surface area contributed by atoms with Gasteiger partial charge in [-0.1, -0.05) is 12.1 Å². The fourth-order valence-electron chi connectivity index (χ4n) is 3.89. The van der Waals surface area contributed by atoms with E-state index in [0.29, 0.717) is 18.9 Å². The second-order valence-electron chi connectivity index (χ2n) is 7.99. The summed E-state index contributed by atoms with van der Waals surface area (Å²) in [6, 6.07) is 5.85. The topological polar surface area (TPSA) is 83.1 Å². The van der Waals surface area contributed by atoms with Gasteiger partial charge in [0.1, 0.15) is 11.6 Å². The summed E-state index contributed by atoms with van der Waals surface area (Å²) in [5, 5.41) is 10.3. The van der Waals surface area contributed by atoms with Crippen LogP contribution in [0.4, 0.5) is 13.2 Å². The molecule has 0 bridgehead atoms. The molecule has 1 saturated carbocycles. The van der Waals surface area contributed by atoms with E-state index in [1.165, 1.54) is 12.1 Å². The number of nitrogens with zero attached hydrogens (tertiary/aromatic N) is 3. The number of aromatic nitrogens is 3. The maximum atomic E-state index is 12.5. The van der Waals surface area contributed by atoms with E-state index in [4.69, 9.17) is 0 Å². The first-order valence-electron chi connectivity index (χ1n) is 10.0. The van der Waals surface area contributed by atoms with Crippen LogP contribution in [0.2, 0.25) is 0 Å². The molecule has 2 atom stereocenters. The van der Waals surface area contributed by atoms with Crippen molar-refractivity contribution in [1.82, 2.24) is 25.4 Å². The molecule has 2 heterocycles. The highest BCUT2D eigenvalue weighted by molar-refractivity contribution is 5.81. The molecular formula is C20H24F3N5O2. The number of ether oxygens (including phenoxy) is 1. The van der Waals surface area contributed by atoms with Gasteiger partial charge >= 0.3 is 6.36 Å². The number of halogens is 3. The molecule has 30 heavy (non-hydrogen) atoms. The van der Waals surface area contributed by atoms with Crippen LogP contribution < -0.4 is 10.1 Å². The van der Waals surface area contributed by atoms with Gasteiger partial charge in [0.15, 0.2) is 5.82 Å². The van der Waals surface area contributed by atoms with Crippen molar-refractivity contribution in [2.45, 2.75) is 51.1 Å². The summed E-state index contributed by atoms with van der Waals surface area (Å²) >= 11 is 0. The van der Waals surface area contributed by atoms with E-state index in [9.17, 15) is 18.0 Å². The van der Waals surface area contributed by atoms with Gasteiger partial charge in [0.25, 0.3) is 0 Å². The van der Waals surface area contributed by atoms with E-state index in [1.54, 1.807) is 12.1 Å². The molecule has 162 valence electrons. The van der Waals surface area contributed by atoms with Gasteiger partial charge in [-0.25, -0.2) is 4.98 Å². The van der Waals surface area contributed by atoms with E-state index < -0.39 is 6.36 Å². The number of nitrogens with one attached hydrogen (secondary N) is 2. The average molecular weight is 423 g/mol. The molecule has 1 saturated heterocycles. The molecule has 0 radical (unpaired) electrons. The second-order valence-corrected chi connectivity index (χ2v) is 7.99. The van der Waals surface area contributed by atoms with Crippen molar-refractivity contribution in [1.29, 1.82) is 0 Å². The number of carbonyl (C=O) groups excluding carboxylic acids is 1. The number of piperidine rings is 1. The molecule has 1 aliphatic carbocycles. The Morgan fingerprint density at radius 3 is 2.80 bits per heavy atom. The van der Waals surface area contributed by atoms with Crippen LogP contribution in [0.1, 0.15) is 42.4 Å². The molecule has 4 rings (SSSR count). The fraction of sp³-hybridized carbons (Fsp3) is 0.550. The minimum Gasteiger partial charge on any atom is -0.406 e. The van der Waals surface area contributed by atoms with Crippen molar-refractivity contribution in [2.24, 2.45) is 5.92 Å². The Bertz CT molecular complexity index is 897. The van der Waals surface area contributed by atoms with Crippen molar-refractivity contribution in [3.8, 4) is 5.75 Å². The number of alkyl halides is 3. The van der Waals surface area contributed by atoms with Crippen molar-refractivity contribution in [2.75, 3.05) is 13.1 Å². The Labute approximate surface area is 172 Å². The van der Waals surface area contributed by atoms with Gasteiger partial charge in [-0.05, 0) is 50.4 Å². The van der Waals surface area contributed by atoms with Gasteiger partial charge in [0.2, 0.25) is 5.91 Å². The Balaban J connectivity index is 1.45. The Kier molecular flexibility index (Phi) is 5.68. The highest BCUT2D eigenvalue weighted by Crippen LogP contribution is 2.32. The Hall–Kier alpha value is -2.62. The summed E-state index contributed by atoms with van der Waals surface area (Å²) in [7, 11) is 0. The molecule has 1 aromatic carbocycles. The number of amides is 1. The smallest absolute Gasteiger partial charge is 0.406 e. The summed E-state index contributed by atoms with van der Waals surface area (Å²) in [5.74, 6) is 1.32. The van der Waals surface area contributed by atoms with E-state index in [1.807, 2.05) is 6.92 Å². The maximum Gasteiger partial charge on any atom is 0.573 e. The van der Waals surface area contributed by atoms with Gasteiger partial charge in [-0.15, -0.1) is 13.2 Å². The quantitative estimate of drug-likeness (QED) is 0.747. The third kappa shape index (κ3) is 5.29. The van der Waals surface area contributed by atoms with E-state index >= 15 is 0 Å². The molecule has 2 aliphatic rings. The van der Waals surface area contributed by atoms with Crippen molar-refractivity contribution >= 4 is 5.91 Å². The third-order valence-electron chi connectivity index (χ3n) is 5.46. The number of aromatic amines is 1. The standard InChI is InChI=1S/C20H24F3N5O2/c1-12-24-18(27-26-12)16-7-8-28(11-17(16)25-19(29)14-5-6-14)10-13-3-2-4-15(9-13)30-20(21,22)23/h2-4,9,14,16-17H,5-8,10-11H2,1H3,(H,25,29)(H,24,26,27)/t16-,17+/m0/s1. The molecule has 1 aliphatic heterocycles. The number of carbonyl (C=O) groups is 1. The highest BCUT2D eigenvalue weighted by atomic mass is 19.4. The summed E-state index contributed by atoms with van der Waals surface area (Å²) in [6.07, 6.45) is -2.15. The molecule has 10 heteroatoms. The van der Waals surface area contributed by atoms with Crippen molar-refractivity contribution in [3.05, 3.63) is 41.5 Å². The molecule has 2 fully saturated rings. The fourth-order valence-corrected chi connectivity index (χ4v) is 3.89. The van der Waals surface area contributed by atoms with Crippen molar-refractivity contribution in [3.63, 3.8) is 0 Å².